The summed E-state index contributed by atoms with van der Waals surface area (Å²) in [6.07, 6.45) is 5.49. The Bertz CT molecular complexity index is 476. The molecule has 0 bridgehead atoms. The first kappa shape index (κ1) is 14.6. The summed E-state index contributed by atoms with van der Waals surface area (Å²) >= 11 is 0. The second-order valence-corrected chi connectivity index (χ2v) is 6.16. The first-order chi connectivity index (χ1) is 10.4. The van der Waals surface area contributed by atoms with E-state index in [9.17, 15) is 5.26 Å². The van der Waals surface area contributed by atoms with Crippen LogP contribution in [-0.2, 0) is 9.47 Å². The fraction of sp³-hybridized carbons (Fsp3) is 0.611. The molecule has 4 atom stereocenters. The third-order valence-corrected chi connectivity index (χ3v) is 4.75. The summed E-state index contributed by atoms with van der Waals surface area (Å²) in [5, 5.41) is 9.35. The van der Waals surface area contributed by atoms with Gasteiger partial charge in [0.15, 0.2) is 0 Å². The Hall–Kier alpha value is -1.37. The maximum atomic E-state index is 9.35. The van der Waals surface area contributed by atoms with Crippen molar-refractivity contribution >= 4 is 0 Å². The third-order valence-electron chi connectivity index (χ3n) is 4.75. The van der Waals surface area contributed by atoms with Crippen molar-refractivity contribution in [2.75, 3.05) is 13.2 Å². The Kier molecular flexibility index (Phi) is 4.90. The van der Waals surface area contributed by atoms with Crippen LogP contribution in [0.5, 0.6) is 0 Å². The third kappa shape index (κ3) is 3.64. The molecular formula is C18H23NO2. The minimum Gasteiger partial charge on any atom is -0.376 e. The van der Waals surface area contributed by atoms with Crippen molar-refractivity contribution in [3.05, 3.63) is 35.9 Å². The fourth-order valence-corrected chi connectivity index (χ4v) is 3.50. The van der Waals surface area contributed by atoms with E-state index in [0.29, 0.717) is 12.5 Å². The smallest absolute Gasteiger partial charge is 0.0809 e. The first-order valence-corrected chi connectivity index (χ1v) is 8.04. The number of hydrogen-bond donors (Lipinski definition) is 0. The zero-order valence-electron chi connectivity index (χ0n) is 12.4. The molecule has 112 valence electrons. The van der Waals surface area contributed by atoms with Crippen LogP contribution in [0, 0.1) is 17.2 Å². The molecular weight excluding hydrogens is 262 g/mol. The summed E-state index contributed by atoms with van der Waals surface area (Å²) in [5.74, 6) is 0.552. The molecule has 0 N–H and O–H groups in total. The van der Waals surface area contributed by atoms with Gasteiger partial charge in [0.2, 0.25) is 0 Å². The molecule has 1 aromatic rings. The number of ether oxygens (including phenoxy) is 2. The molecule has 0 aromatic heterocycles. The van der Waals surface area contributed by atoms with Gasteiger partial charge in [-0.05, 0) is 43.6 Å². The van der Waals surface area contributed by atoms with E-state index in [1.165, 1.54) is 5.56 Å². The van der Waals surface area contributed by atoms with Crippen molar-refractivity contribution in [2.24, 2.45) is 5.92 Å². The van der Waals surface area contributed by atoms with Crippen LogP contribution in [-0.4, -0.2) is 25.4 Å². The van der Waals surface area contributed by atoms with Gasteiger partial charge in [0.1, 0.15) is 0 Å². The molecule has 3 rings (SSSR count). The number of nitriles is 1. The Labute approximate surface area is 126 Å². The van der Waals surface area contributed by atoms with Gasteiger partial charge in [-0.2, -0.15) is 5.26 Å². The van der Waals surface area contributed by atoms with Crippen molar-refractivity contribution in [1.29, 1.82) is 5.26 Å². The van der Waals surface area contributed by atoms with Gasteiger partial charge in [-0.25, -0.2) is 0 Å². The lowest BCUT2D eigenvalue weighted by atomic mass is 9.77. The van der Waals surface area contributed by atoms with Crippen LogP contribution >= 0.6 is 0 Å². The van der Waals surface area contributed by atoms with Gasteiger partial charge in [0.25, 0.3) is 0 Å². The lowest BCUT2D eigenvalue weighted by Crippen LogP contribution is -2.32. The van der Waals surface area contributed by atoms with Crippen LogP contribution in [0.15, 0.2) is 30.3 Å². The highest BCUT2D eigenvalue weighted by Gasteiger charge is 2.32. The van der Waals surface area contributed by atoms with Gasteiger partial charge in [-0.1, -0.05) is 30.3 Å². The molecule has 0 spiro atoms. The van der Waals surface area contributed by atoms with Crippen molar-refractivity contribution in [3.8, 4) is 6.07 Å². The van der Waals surface area contributed by atoms with E-state index in [1.807, 2.05) is 0 Å². The van der Waals surface area contributed by atoms with Crippen molar-refractivity contribution in [3.63, 3.8) is 0 Å². The van der Waals surface area contributed by atoms with Gasteiger partial charge >= 0.3 is 0 Å². The van der Waals surface area contributed by atoms with Crippen LogP contribution in [0.25, 0.3) is 0 Å². The minimum absolute atomic E-state index is 0.0337. The van der Waals surface area contributed by atoms with Gasteiger partial charge in [0, 0.05) is 6.61 Å². The highest BCUT2D eigenvalue weighted by Crippen LogP contribution is 2.37. The lowest BCUT2D eigenvalue weighted by Gasteiger charge is -2.33. The highest BCUT2D eigenvalue weighted by molar-refractivity contribution is 5.21. The molecule has 1 aromatic carbocycles. The average Bonchev–Trinajstić information content (AvgIpc) is 3.07. The molecule has 3 heteroatoms. The van der Waals surface area contributed by atoms with Crippen molar-refractivity contribution in [2.45, 2.75) is 50.2 Å². The van der Waals surface area contributed by atoms with E-state index in [2.05, 4.69) is 36.4 Å². The minimum atomic E-state index is 0.0337. The summed E-state index contributed by atoms with van der Waals surface area (Å²) in [6, 6.07) is 13.0. The van der Waals surface area contributed by atoms with Gasteiger partial charge in [-0.3, -0.25) is 0 Å². The molecule has 1 aliphatic heterocycles. The Balaban J connectivity index is 1.60. The maximum absolute atomic E-state index is 9.35. The highest BCUT2D eigenvalue weighted by atomic mass is 16.5. The second-order valence-electron chi connectivity index (χ2n) is 6.16. The normalized spacial score (nSPS) is 32.7. The van der Waals surface area contributed by atoms with E-state index in [0.717, 1.165) is 38.7 Å². The number of hydrogen-bond acceptors (Lipinski definition) is 3. The number of nitrogens with zero attached hydrogens (tertiary/aromatic N) is 1. The first-order valence-electron chi connectivity index (χ1n) is 8.04. The molecule has 1 heterocycles. The SMILES string of the molecule is N#CC1CCC(c2ccccc2)CC1OCC1CCCO1. The molecule has 0 amide bonds. The van der Waals surface area contributed by atoms with Crippen molar-refractivity contribution in [1.82, 2.24) is 0 Å². The topological polar surface area (TPSA) is 42.2 Å². The predicted octanol–water partition coefficient (Wildman–Crippen LogP) is 3.66. The molecule has 3 nitrogen and oxygen atoms in total. The molecule has 2 fully saturated rings. The Morgan fingerprint density at radius 3 is 2.76 bits per heavy atom. The van der Waals surface area contributed by atoms with Crippen LogP contribution in [0.4, 0.5) is 0 Å². The monoisotopic (exact) mass is 285 g/mol. The van der Waals surface area contributed by atoms with Crippen LogP contribution < -0.4 is 0 Å². The summed E-state index contributed by atoms with van der Waals surface area (Å²) in [4.78, 5) is 0. The zero-order valence-corrected chi connectivity index (χ0v) is 12.4. The predicted molar refractivity (Wildman–Crippen MR) is 80.9 cm³/mol. The van der Waals surface area contributed by atoms with E-state index < -0.39 is 0 Å². The maximum Gasteiger partial charge on any atom is 0.0809 e. The van der Waals surface area contributed by atoms with E-state index in [-0.39, 0.29) is 18.1 Å². The number of benzene rings is 1. The molecule has 4 unspecified atom stereocenters. The number of rotatable bonds is 4. The summed E-state index contributed by atoms with van der Waals surface area (Å²) < 4.78 is 11.7. The largest absolute Gasteiger partial charge is 0.376 e. The lowest BCUT2D eigenvalue weighted by molar-refractivity contribution is -0.0487. The average molecular weight is 285 g/mol. The summed E-state index contributed by atoms with van der Waals surface area (Å²) in [7, 11) is 0. The van der Waals surface area contributed by atoms with Crippen LogP contribution in [0.1, 0.15) is 43.6 Å². The molecule has 1 saturated heterocycles. The zero-order chi connectivity index (χ0) is 14.5. The second kappa shape index (κ2) is 7.06. The van der Waals surface area contributed by atoms with Gasteiger partial charge in [-0.15, -0.1) is 0 Å². The van der Waals surface area contributed by atoms with E-state index in [1.54, 1.807) is 0 Å². The van der Waals surface area contributed by atoms with Gasteiger partial charge in [0.05, 0.1) is 30.8 Å². The van der Waals surface area contributed by atoms with E-state index >= 15 is 0 Å². The summed E-state index contributed by atoms with van der Waals surface area (Å²) in [6.45, 7) is 1.50. The molecule has 21 heavy (non-hydrogen) atoms. The standard InChI is InChI=1S/C18H23NO2/c19-12-16-9-8-15(14-5-2-1-3-6-14)11-18(16)21-13-17-7-4-10-20-17/h1-3,5-6,15-18H,4,7-11,13H2. The van der Waals surface area contributed by atoms with Gasteiger partial charge < -0.3 is 9.47 Å². The molecule has 0 radical (unpaired) electrons. The van der Waals surface area contributed by atoms with Crippen molar-refractivity contribution < 1.29 is 9.47 Å². The molecule has 2 aliphatic rings. The molecule has 1 aliphatic carbocycles. The fourth-order valence-electron chi connectivity index (χ4n) is 3.50. The van der Waals surface area contributed by atoms with E-state index in [4.69, 9.17) is 9.47 Å². The Morgan fingerprint density at radius 2 is 2.05 bits per heavy atom. The summed E-state index contributed by atoms with van der Waals surface area (Å²) in [5.41, 5.74) is 1.37. The Morgan fingerprint density at radius 1 is 1.19 bits per heavy atom. The quantitative estimate of drug-likeness (QED) is 0.848. The molecule has 1 saturated carbocycles. The van der Waals surface area contributed by atoms with Crippen LogP contribution in [0.2, 0.25) is 0 Å². The van der Waals surface area contributed by atoms with Crippen LogP contribution in [0.3, 0.4) is 0 Å².